The maximum atomic E-state index is 5.52. The van der Waals surface area contributed by atoms with Crippen molar-refractivity contribution in [3.8, 4) is 0 Å². The average molecular weight is 108 g/mol. The predicted molar refractivity (Wildman–Crippen MR) is 36.7 cm³/mol. The number of benzene rings is 1. The van der Waals surface area contributed by atoms with Gasteiger partial charge >= 0.3 is 1.43 Å². The molecular weight excluding hydrogens is 98.1 g/mol. The molecule has 0 amide bonds. The summed E-state index contributed by atoms with van der Waals surface area (Å²) in [6.07, 6.45) is 0. The van der Waals surface area contributed by atoms with Crippen molar-refractivity contribution < 1.29 is 1.43 Å². The first-order valence-electron chi connectivity index (χ1n) is 2.62. The van der Waals surface area contributed by atoms with Crippen LogP contribution in [0.1, 0.15) is 6.99 Å². The zero-order chi connectivity index (χ0) is 5.98. The summed E-state index contributed by atoms with van der Waals surface area (Å²) in [5, 5.41) is 0. The first-order valence-corrected chi connectivity index (χ1v) is 2.62. The highest BCUT2D eigenvalue weighted by atomic mass is 14.5. The lowest BCUT2D eigenvalue weighted by molar-refractivity contribution is 1.47. The van der Waals surface area contributed by atoms with E-state index in [4.69, 9.17) is 5.73 Å². The minimum Gasteiger partial charge on any atom is -0.399 e. The standard InChI is InChI=1S/C7H9N/c1-6-4-2-3-5-7(6)8/h2-5H,8H2,1H3/p+1. The molecule has 0 fully saturated rings. The van der Waals surface area contributed by atoms with E-state index in [1.165, 1.54) is 0 Å². The maximum Gasteiger partial charge on any atom is 1.00 e. The molecule has 1 heteroatoms. The van der Waals surface area contributed by atoms with E-state index in [9.17, 15) is 0 Å². The van der Waals surface area contributed by atoms with Crippen LogP contribution in [0.5, 0.6) is 0 Å². The molecule has 0 aromatic heterocycles. The molecule has 8 heavy (non-hydrogen) atoms. The van der Waals surface area contributed by atoms with Gasteiger partial charge in [0.05, 0.1) is 0 Å². The van der Waals surface area contributed by atoms with E-state index in [1.807, 2.05) is 31.2 Å². The zero-order valence-electron chi connectivity index (χ0n) is 5.89. The minimum atomic E-state index is 0. The second-order valence-electron chi connectivity index (χ2n) is 1.86. The normalized spacial score (nSPS) is 9.12. The number of hydrogen-bond donors (Lipinski definition) is 1. The predicted octanol–water partition coefficient (Wildman–Crippen LogP) is 1.69. The summed E-state index contributed by atoms with van der Waals surface area (Å²) in [6, 6.07) is 7.80. The number of rotatable bonds is 0. The molecule has 1 rings (SSSR count). The van der Waals surface area contributed by atoms with Gasteiger partial charge in [-0.2, -0.15) is 0 Å². The van der Waals surface area contributed by atoms with Crippen LogP contribution in [0.15, 0.2) is 24.3 Å². The van der Waals surface area contributed by atoms with Crippen LogP contribution in [0.3, 0.4) is 0 Å². The van der Waals surface area contributed by atoms with Gasteiger partial charge in [0.1, 0.15) is 0 Å². The fourth-order valence-corrected chi connectivity index (χ4v) is 0.587. The molecule has 0 aliphatic rings. The van der Waals surface area contributed by atoms with Crippen LogP contribution in [0.25, 0.3) is 0 Å². The summed E-state index contributed by atoms with van der Waals surface area (Å²) >= 11 is 0. The van der Waals surface area contributed by atoms with E-state index >= 15 is 0 Å². The van der Waals surface area contributed by atoms with Crippen LogP contribution in [0, 0.1) is 6.92 Å². The zero-order valence-corrected chi connectivity index (χ0v) is 4.89. The molecule has 0 saturated carbocycles. The van der Waals surface area contributed by atoms with Crippen molar-refractivity contribution in [2.75, 3.05) is 5.73 Å². The molecule has 0 radical (unpaired) electrons. The molecule has 0 saturated heterocycles. The van der Waals surface area contributed by atoms with Crippen molar-refractivity contribution in [2.24, 2.45) is 0 Å². The lowest BCUT2D eigenvalue weighted by atomic mass is 10.2. The van der Waals surface area contributed by atoms with Crippen LogP contribution < -0.4 is 5.73 Å². The summed E-state index contributed by atoms with van der Waals surface area (Å²) in [6.45, 7) is 2.00. The molecule has 1 aromatic carbocycles. The molecule has 42 valence electrons. The van der Waals surface area contributed by atoms with E-state index in [0.717, 1.165) is 11.3 Å². The van der Waals surface area contributed by atoms with Gasteiger partial charge in [0.2, 0.25) is 0 Å². The lowest BCUT2D eigenvalue weighted by Gasteiger charge is -1.93. The molecule has 2 N–H and O–H groups in total. The molecule has 0 bridgehead atoms. The van der Waals surface area contributed by atoms with Crippen molar-refractivity contribution >= 4 is 5.69 Å². The first-order chi connectivity index (χ1) is 3.80. The van der Waals surface area contributed by atoms with E-state index in [1.54, 1.807) is 0 Å². The van der Waals surface area contributed by atoms with Gasteiger partial charge in [0, 0.05) is 5.69 Å². The van der Waals surface area contributed by atoms with Gasteiger partial charge in [-0.3, -0.25) is 0 Å². The minimum absolute atomic E-state index is 0. The number of nitrogen functional groups attached to an aromatic ring is 1. The molecule has 0 spiro atoms. The van der Waals surface area contributed by atoms with Gasteiger partial charge in [0.25, 0.3) is 0 Å². The molecule has 0 atom stereocenters. The highest BCUT2D eigenvalue weighted by molar-refractivity contribution is 5.44. The second kappa shape index (κ2) is 1.86. The summed E-state index contributed by atoms with van der Waals surface area (Å²) in [4.78, 5) is 0. The largest absolute Gasteiger partial charge is 1.00 e. The van der Waals surface area contributed by atoms with Gasteiger partial charge in [-0.05, 0) is 18.6 Å². The second-order valence-corrected chi connectivity index (χ2v) is 1.86. The quantitative estimate of drug-likeness (QED) is 0.503. The third kappa shape index (κ3) is 0.808. The molecule has 0 aliphatic carbocycles. The summed E-state index contributed by atoms with van der Waals surface area (Å²) < 4.78 is 0. The van der Waals surface area contributed by atoms with Crippen LogP contribution in [0.4, 0.5) is 5.69 Å². The average Bonchev–Trinajstić information content (AvgIpc) is 1.77. The maximum absolute atomic E-state index is 5.52. The Kier molecular flexibility index (Phi) is 1.20. The van der Waals surface area contributed by atoms with Gasteiger partial charge in [0.15, 0.2) is 0 Å². The monoisotopic (exact) mass is 108 g/mol. The fraction of sp³-hybridized carbons (Fsp3) is 0.143. The Hall–Kier alpha value is -0.980. The van der Waals surface area contributed by atoms with E-state index in [0.29, 0.717) is 0 Å². The molecule has 1 aromatic rings. The van der Waals surface area contributed by atoms with Gasteiger partial charge in [-0.15, -0.1) is 0 Å². The molecule has 1 nitrogen and oxygen atoms in total. The summed E-state index contributed by atoms with van der Waals surface area (Å²) in [7, 11) is 0. The Morgan fingerprint density at radius 1 is 1.38 bits per heavy atom. The Bertz CT molecular complexity index is 165. The SMILES string of the molecule is Cc1ccccc1N.[H+]. The highest BCUT2D eigenvalue weighted by Crippen LogP contribution is 2.06. The summed E-state index contributed by atoms with van der Waals surface area (Å²) in [5.74, 6) is 0. The number of anilines is 1. The van der Waals surface area contributed by atoms with Gasteiger partial charge < -0.3 is 5.73 Å². The van der Waals surface area contributed by atoms with Gasteiger partial charge in [-0.1, -0.05) is 18.2 Å². The third-order valence-electron chi connectivity index (χ3n) is 1.19. The Morgan fingerprint density at radius 3 is 2.38 bits per heavy atom. The first kappa shape index (κ1) is 5.16. The van der Waals surface area contributed by atoms with Crippen LogP contribution in [-0.2, 0) is 0 Å². The fourth-order valence-electron chi connectivity index (χ4n) is 0.587. The van der Waals surface area contributed by atoms with Crippen LogP contribution in [-0.4, -0.2) is 0 Å². The number of para-hydroxylation sites is 1. The Balaban J connectivity index is 0.000000640. The van der Waals surface area contributed by atoms with Crippen molar-refractivity contribution in [3.05, 3.63) is 29.8 Å². The topological polar surface area (TPSA) is 26.0 Å². The number of nitrogens with two attached hydrogens (primary N) is 1. The summed E-state index contributed by atoms with van der Waals surface area (Å²) in [5.41, 5.74) is 7.53. The molecular formula is C7H10N+. The number of aryl methyl sites for hydroxylation is 1. The van der Waals surface area contributed by atoms with Crippen LogP contribution >= 0.6 is 0 Å². The molecule has 0 aliphatic heterocycles. The van der Waals surface area contributed by atoms with E-state index < -0.39 is 0 Å². The smallest absolute Gasteiger partial charge is 0.399 e. The third-order valence-corrected chi connectivity index (χ3v) is 1.19. The Labute approximate surface area is 50.6 Å². The highest BCUT2D eigenvalue weighted by Gasteiger charge is 1.84. The molecule has 0 unspecified atom stereocenters. The van der Waals surface area contributed by atoms with Gasteiger partial charge in [-0.25, -0.2) is 0 Å². The van der Waals surface area contributed by atoms with E-state index in [-0.39, 0.29) is 1.43 Å². The van der Waals surface area contributed by atoms with Crippen molar-refractivity contribution in [3.63, 3.8) is 0 Å². The van der Waals surface area contributed by atoms with Crippen molar-refractivity contribution in [1.82, 2.24) is 0 Å². The van der Waals surface area contributed by atoms with Crippen molar-refractivity contribution in [2.45, 2.75) is 6.92 Å². The lowest BCUT2D eigenvalue weighted by Crippen LogP contribution is -1.85. The molecule has 0 heterocycles. The van der Waals surface area contributed by atoms with Crippen LogP contribution in [0.2, 0.25) is 0 Å². The number of hydrogen-bond acceptors (Lipinski definition) is 1. The van der Waals surface area contributed by atoms with Crippen molar-refractivity contribution in [1.29, 1.82) is 0 Å². The van der Waals surface area contributed by atoms with E-state index in [2.05, 4.69) is 0 Å². The Morgan fingerprint density at radius 2 is 2.00 bits per heavy atom.